The Morgan fingerprint density at radius 1 is 1.64 bits per heavy atom. The fraction of sp³-hybridized carbons (Fsp3) is 0.500. The minimum Gasteiger partial charge on any atom is -0.388 e. The van der Waals surface area contributed by atoms with Gasteiger partial charge < -0.3 is 9.67 Å². The van der Waals surface area contributed by atoms with Crippen molar-refractivity contribution in [1.29, 1.82) is 0 Å². The van der Waals surface area contributed by atoms with Crippen LogP contribution in [0.25, 0.3) is 0 Å². The van der Waals surface area contributed by atoms with E-state index in [9.17, 15) is 0 Å². The zero-order valence-electron chi connectivity index (χ0n) is 6.19. The van der Waals surface area contributed by atoms with Crippen molar-refractivity contribution in [3.05, 3.63) is 11.6 Å². The van der Waals surface area contributed by atoms with E-state index in [-0.39, 0.29) is 6.61 Å². The van der Waals surface area contributed by atoms with E-state index in [1.54, 1.807) is 4.57 Å². The Balaban J connectivity index is 3.08. The summed E-state index contributed by atoms with van der Waals surface area (Å²) in [5.41, 5.74) is 0. The van der Waals surface area contributed by atoms with Gasteiger partial charge in [0.25, 0.3) is 0 Å². The Hall–Kier alpha value is -0.810. The molecular formula is C6H9N3OS. The molecule has 1 rings (SSSR count). The van der Waals surface area contributed by atoms with Gasteiger partial charge in [-0.15, -0.1) is 10.2 Å². The van der Waals surface area contributed by atoms with Gasteiger partial charge in [-0.25, -0.2) is 0 Å². The summed E-state index contributed by atoms with van der Waals surface area (Å²) in [5, 5.41) is 17.8. The molecule has 0 spiro atoms. The van der Waals surface area contributed by atoms with Crippen molar-refractivity contribution in [1.82, 2.24) is 14.8 Å². The Kier molecular flexibility index (Phi) is 2.67. The van der Waals surface area contributed by atoms with Gasteiger partial charge in [0.1, 0.15) is 6.61 Å². The third kappa shape index (κ3) is 1.44. The molecule has 1 N–H and O–H groups in total. The van der Waals surface area contributed by atoms with Gasteiger partial charge in [0.05, 0.1) is 0 Å². The third-order valence-corrected chi connectivity index (χ3v) is 1.63. The standard InChI is InChI=1S/C6H9N3OS/c1-2-9-5(3-10)7-8-6(9)4-11/h4,10H,2-3H2,1H3. The van der Waals surface area contributed by atoms with Crippen LogP contribution in [-0.4, -0.2) is 25.2 Å². The van der Waals surface area contributed by atoms with Crippen LogP contribution in [0.5, 0.6) is 0 Å². The van der Waals surface area contributed by atoms with Crippen molar-refractivity contribution in [3.8, 4) is 0 Å². The third-order valence-electron chi connectivity index (χ3n) is 1.42. The molecule has 0 radical (unpaired) electrons. The first-order valence-electron chi connectivity index (χ1n) is 3.31. The lowest BCUT2D eigenvalue weighted by Crippen LogP contribution is -2.04. The monoisotopic (exact) mass is 171 g/mol. The van der Waals surface area contributed by atoms with E-state index in [4.69, 9.17) is 17.3 Å². The summed E-state index contributed by atoms with van der Waals surface area (Å²) in [5.74, 6) is 1.19. The van der Waals surface area contributed by atoms with E-state index in [2.05, 4.69) is 10.2 Å². The van der Waals surface area contributed by atoms with E-state index in [0.717, 1.165) is 6.54 Å². The molecule has 0 saturated carbocycles. The minimum absolute atomic E-state index is 0.0932. The summed E-state index contributed by atoms with van der Waals surface area (Å²) in [6.07, 6.45) is 0. The molecule has 0 fully saturated rings. The molecule has 0 aromatic carbocycles. The Morgan fingerprint density at radius 3 is 2.82 bits per heavy atom. The van der Waals surface area contributed by atoms with Gasteiger partial charge in [0.2, 0.25) is 0 Å². The van der Waals surface area contributed by atoms with E-state index in [1.807, 2.05) is 6.92 Å². The average Bonchev–Trinajstić information content (AvgIpc) is 2.45. The first-order chi connectivity index (χ1) is 5.33. The van der Waals surface area contributed by atoms with Crippen LogP contribution in [0.2, 0.25) is 0 Å². The molecule has 60 valence electrons. The van der Waals surface area contributed by atoms with Crippen LogP contribution in [0, 0.1) is 0 Å². The van der Waals surface area contributed by atoms with E-state index >= 15 is 0 Å². The first kappa shape index (κ1) is 8.29. The first-order valence-corrected chi connectivity index (χ1v) is 3.78. The number of hydrogen-bond acceptors (Lipinski definition) is 4. The molecule has 0 aliphatic rings. The summed E-state index contributed by atoms with van der Waals surface area (Å²) in [6, 6.07) is 0. The largest absolute Gasteiger partial charge is 0.388 e. The van der Waals surface area contributed by atoms with E-state index in [1.165, 1.54) is 5.37 Å². The molecule has 5 heteroatoms. The normalized spacial score (nSPS) is 10.0. The van der Waals surface area contributed by atoms with E-state index in [0.29, 0.717) is 11.6 Å². The molecule has 1 heterocycles. The zero-order valence-corrected chi connectivity index (χ0v) is 7.01. The smallest absolute Gasteiger partial charge is 0.167 e. The summed E-state index contributed by atoms with van der Waals surface area (Å²) >= 11 is 4.70. The second kappa shape index (κ2) is 3.54. The Morgan fingerprint density at radius 2 is 2.36 bits per heavy atom. The number of thiocarbonyl (C=S) groups is 1. The predicted octanol–water partition coefficient (Wildman–Crippen LogP) is 0.138. The van der Waals surface area contributed by atoms with Crippen LogP contribution in [0.4, 0.5) is 0 Å². The van der Waals surface area contributed by atoms with Gasteiger partial charge in [-0.2, -0.15) is 0 Å². The molecule has 11 heavy (non-hydrogen) atoms. The Bertz CT molecular complexity index is 258. The second-order valence-electron chi connectivity index (χ2n) is 1.99. The lowest BCUT2D eigenvalue weighted by molar-refractivity contribution is 0.265. The number of aromatic nitrogens is 3. The second-order valence-corrected chi connectivity index (χ2v) is 2.23. The van der Waals surface area contributed by atoms with Crippen LogP contribution in [0.15, 0.2) is 0 Å². The van der Waals surface area contributed by atoms with Crippen molar-refractivity contribution >= 4 is 17.6 Å². The highest BCUT2D eigenvalue weighted by atomic mass is 32.1. The highest BCUT2D eigenvalue weighted by Gasteiger charge is 2.05. The molecule has 0 aliphatic carbocycles. The molecule has 1 aromatic heterocycles. The number of hydrogen-bond donors (Lipinski definition) is 1. The molecular weight excluding hydrogens is 162 g/mol. The highest BCUT2D eigenvalue weighted by molar-refractivity contribution is 7.79. The van der Waals surface area contributed by atoms with Crippen molar-refractivity contribution in [2.24, 2.45) is 0 Å². The van der Waals surface area contributed by atoms with Crippen LogP contribution in [0.1, 0.15) is 18.6 Å². The number of aliphatic hydroxyl groups is 1. The lowest BCUT2D eigenvalue weighted by atomic mass is 10.5. The lowest BCUT2D eigenvalue weighted by Gasteiger charge is -2.00. The molecule has 0 atom stereocenters. The molecule has 0 bridgehead atoms. The molecule has 1 aromatic rings. The van der Waals surface area contributed by atoms with Gasteiger partial charge in [-0.1, -0.05) is 12.2 Å². The van der Waals surface area contributed by atoms with Gasteiger partial charge in [-0.05, 0) is 6.92 Å². The average molecular weight is 171 g/mol. The van der Waals surface area contributed by atoms with Gasteiger partial charge in [0.15, 0.2) is 11.6 Å². The fourth-order valence-corrected chi connectivity index (χ4v) is 1.07. The summed E-state index contributed by atoms with van der Waals surface area (Å²) < 4.78 is 1.77. The van der Waals surface area contributed by atoms with Crippen molar-refractivity contribution < 1.29 is 5.11 Å². The van der Waals surface area contributed by atoms with Gasteiger partial charge in [0, 0.05) is 11.9 Å². The topological polar surface area (TPSA) is 50.9 Å². The summed E-state index contributed by atoms with van der Waals surface area (Å²) in [6.45, 7) is 2.58. The molecule has 0 amide bonds. The van der Waals surface area contributed by atoms with Crippen LogP contribution >= 0.6 is 12.2 Å². The quantitative estimate of drug-likeness (QED) is 0.657. The number of aliphatic hydroxyl groups excluding tert-OH is 1. The maximum Gasteiger partial charge on any atom is 0.167 e. The molecule has 0 aliphatic heterocycles. The maximum absolute atomic E-state index is 8.79. The summed E-state index contributed by atoms with van der Waals surface area (Å²) in [7, 11) is 0. The Labute approximate surface area is 69.9 Å². The number of nitrogens with zero attached hydrogens (tertiary/aromatic N) is 3. The van der Waals surface area contributed by atoms with Crippen LogP contribution in [-0.2, 0) is 13.2 Å². The van der Waals surface area contributed by atoms with Crippen LogP contribution in [0.3, 0.4) is 0 Å². The zero-order chi connectivity index (χ0) is 8.27. The van der Waals surface area contributed by atoms with Gasteiger partial charge >= 0.3 is 0 Å². The van der Waals surface area contributed by atoms with Crippen molar-refractivity contribution in [3.63, 3.8) is 0 Å². The molecule has 0 unspecified atom stereocenters. The highest BCUT2D eigenvalue weighted by Crippen LogP contribution is 1.99. The van der Waals surface area contributed by atoms with Crippen molar-refractivity contribution in [2.75, 3.05) is 0 Å². The SMILES string of the molecule is CCn1c(C=S)nnc1CO. The van der Waals surface area contributed by atoms with Crippen molar-refractivity contribution in [2.45, 2.75) is 20.1 Å². The van der Waals surface area contributed by atoms with E-state index < -0.39 is 0 Å². The summed E-state index contributed by atoms with van der Waals surface area (Å²) in [4.78, 5) is 0. The number of rotatable bonds is 3. The molecule has 4 nitrogen and oxygen atoms in total. The predicted molar refractivity (Wildman–Crippen MR) is 44.4 cm³/mol. The minimum atomic E-state index is -0.0932. The molecule has 0 saturated heterocycles. The maximum atomic E-state index is 8.79. The van der Waals surface area contributed by atoms with Crippen LogP contribution < -0.4 is 0 Å². The van der Waals surface area contributed by atoms with Gasteiger partial charge in [-0.3, -0.25) is 0 Å². The fourth-order valence-electron chi connectivity index (χ4n) is 0.898.